The molecule has 1 aliphatic heterocycles. The van der Waals surface area contributed by atoms with Crippen molar-refractivity contribution >= 4 is 11.7 Å². The first-order valence-corrected chi connectivity index (χ1v) is 9.67. The molecule has 2 aliphatic rings. The highest BCUT2D eigenvalue weighted by Crippen LogP contribution is 2.29. The van der Waals surface area contributed by atoms with E-state index >= 15 is 0 Å². The summed E-state index contributed by atoms with van der Waals surface area (Å²) in [5.74, 6) is 1.07. The number of fused-ring (bicyclic) bond motifs is 2. The molecule has 1 amide bonds. The Morgan fingerprint density at radius 1 is 1.25 bits per heavy atom. The number of amides is 1. The van der Waals surface area contributed by atoms with E-state index in [0.717, 1.165) is 42.6 Å². The van der Waals surface area contributed by atoms with E-state index in [2.05, 4.69) is 16.4 Å². The predicted molar refractivity (Wildman–Crippen MR) is 104 cm³/mol. The van der Waals surface area contributed by atoms with Crippen molar-refractivity contribution in [2.24, 2.45) is 0 Å². The molecule has 1 aliphatic carbocycles. The van der Waals surface area contributed by atoms with Gasteiger partial charge in [-0.3, -0.25) is 4.79 Å². The first kappa shape index (κ1) is 18.2. The van der Waals surface area contributed by atoms with Gasteiger partial charge in [-0.05, 0) is 50.3 Å². The minimum atomic E-state index is -0.00137. The number of pyridine rings is 2. The van der Waals surface area contributed by atoms with Crippen molar-refractivity contribution in [1.29, 1.82) is 5.26 Å². The molecule has 0 aromatic carbocycles. The number of ether oxygens (including phenoxy) is 1. The van der Waals surface area contributed by atoms with Crippen molar-refractivity contribution in [1.82, 2.24) is 14.9 Å². The second-order valence-electron chi connectivity index (χ2n) is 7.13. The number of nitriles is 1. The molecule has 7 heteroatoms. The molecule has 0 bridgehead atoms. The van der Waals surface area contributed by atoms with Crippen LogP contribution in [-0.4, -0.2) is 34.4 Å². The number of nitrogens with zero attached hydrogens (tertiary/aromatic N) is 4. The molecule has 0 unspecified atom stereocenters. The van der Waals surface area contributed by atoms with Gasteiger partial charge in [-0.2, -0.15) is 5.26 Å². The number of aryl methyl sites for hydroxylation is 2. The van der Waals surface area contributed by atoms with Gasteiger partial charge in [0.05, 0.1) is 30.5 Å². The van der Waals surface area contributed by atoms with Gasteiger partial charge in [0.25, 0.3) is 5.91 Å². The molecule has 0 atom stereocenters. The molecule has 4 rings (SSSR count). The second kappa shape index (κ2) is 7.47. The SMILES string of the molecule is CCN1Cc2nc(OC)c(CNc3nc4c(cc3C#N)CCCC4)cc2C1=O. The van der Waals surface area contributed by atoms with E-state index in [9.17, 15) is 10.1 Å². The third-order valence-corrected chi connectivity index (χ3v) is 5.44. The van der Waals surface area contributed by atoms with Gasteiger partial charge in [0, 0.05) is 24.3 Å². The van der Waals surface area contributed by atoms with E-state index in [1.165, 1.54) is 5.56 Å². The Morgan fingerprint density at radius 3 is 2.82 bits per heavy atom. The highest BCUT2D eigenvalue weighted by Gasteiger charge is 2.29. The molecule has 0 radical (unpaired) electrons. The molecule has 2 aromatic heterocycles. The third kappa shape index (κ3) is 3.15. The lowest BCUT2D eigenvalue weighted by atomic mass is 9.95. The summed E-state index contributed by atoms with van der Waals surface area (Å²) < 4.78 is 5.44. The Bertz CT molecular complexity index is 980. The summed E-state index contributed by atoms with van der Waals surface area (Å²) in [7, 11) is 1.57. The number of carbonyl (C=O) groups is 1. The van der Waals surface area contributed by atoms with Gasteiger partial charge in [-0.25, -0.2) is 9.97 Å². The van der Waals surface area contributed by atoms with Crippen molar-refractivity contribution in [3.63, 3.8) is 0 Å². The Balaban J connectivity index is 1.62. The van der Waals surface area contributed by atoms with Crippen LogP contribution in [0.2, 0.25) is 0 Å². The molecule has 144 valence electrons. The molecule has 0 saturated heterocycles. The van der Waals surface area contributed by atoms with Crippen molar-refractivity contribution in [3.05, 3.63) is 45.8 Å². The molecule has 0 fully saturated rings. The Morgan fingerprint density at radius 2 is 2.07 bits per heavy atom. The topological polar surface area (TPSA) is 91.1 Å². The molecule has 7 nitrogen and oxygen atoms in total. The number of rotatable bonds is 5. The number of hydrogen-bond acceptors (Lipinski definition) is 6. The summed E-state index contributed by atoms with van der Waals surface area (Å²) in [6.45, 7) is 3.49. The Kier molecular flexibility index (Phi) is 4.86. The van der Waals surface area contributed by atoms with Crippen molar-refractivity contribution < 1.29 is 9.53 Å². The lowest BCUT2D eigenvalue weighted by Gasteiger charge is -2.18. The number of nitrogens with one attached hydrogen (secondary N) is 1. The molecule has 3 heterocycles. The smallest absolute Gasteiger partial charge is 0.256 e. The molecular weight excluding hydrogens is 354 g/mol. The maximum Gasteiger partial charge on any atom is 0.256 e. The minimum Gasteiger partial charge on any atom is -0.481 e. The fraction of sp³-hybridized carbons (Fsp3) is 0.429. The van der Waals surface area contributed by atoms with E-state index in [-0.39, 0.29) is 5.91 Å². The van der Waals surface area contributed by atoms with E-state index in [0.29, 0.717) is 42.5 Å². The molecule has 1 N–H and O–H groups in total. The van der Waals surface area contributed by atoms with Crippen LogP contribution in [0.15, 0.2) is 12.1 Å². The van der Waals surface area contributed by atoms with Gasteiger partial charge in [-0.1, -0.05) is 0 Å². The second-order valence-corrected chi connectivity index (χ2v) is 7.13. The molecule has 2 aromatic rings. The first-order chi connectivity index (χ1) is 13.6. The molecular formula is C21H23N5O2. The summed E-state index contributed by atoms with van der Waals surface area (Å²) >= 11 is 0. The average molecular weight is 377 g/mol. The summed E-state index contributed by atoms with van der Waals surface area (Å²) in [4.78, 5) is 23.5. The lowest BCUT2D eigenvalue weighted by Crippen LogP contribution is -2.23. The highest BCUT2D eigenvalue weighted by molar-refractivity contribution is 5.98. The quantitative estimate of drug-likeness (QED) is 0.862. The predicted octanol–water partition coefficient (Wildman–Crippen LogP) is 2.82. The standard InChI is InChI=1S/C21H23N5O2/c1-3-26-12-18-16(21(26)27)9-15(20(25-18)28-2)11-23-19-14(10-22)8-13-6-4-5-7-17(13)24-19/h8-9H,3-7,11-12H2,1-2H3,(H,23,24). The largest absolute Gasteiger partial charge is 0.481 e. The zero-order valence-electron chi connectivity index (χ0n) is 16.2. The normalized spacial score (nSPS) is 15.0. The van der Waals surface area contributed by atoms with Crippen molar-refractivity contribution in [2.75, 3.05) is 19.0 Å². The number of hydrogen-bond donors (Lipinski definition) is 1. The highest BCUT2D eigenvalue weighted by atomic mass is 16.5. The zero-order chi connectivity index (χ0) is 19.7. The average Bonchev–Trinajstić information content (AvgIpc) is 3.05. The Hall–Kier alpha value is -3.14. The van der Waals surface area contributed by atoms with E-state index < -0.39 is 0 Å². The third-order valence-electron chi connectivity index (χ3n) is 5.44. The van der Waals surface area contributed by atoms with E-state index in [4.69, 9.17) is 9.72 Å². The van der Waals surface area contributed by atoms with Crippen LogP contribution < -0.4 is 10.1 Å². The number of anilines is 1. The van der Waals surface area contributed by atoms with Gasteiger partial charge in [0.2, 0.25) is 5.88 Å². The Labute approximate surface area is 164 Å². The monoisotopic (exact) mass is 377 g/mol. The first-order valence-electron chi connectivity index (χ1n) is 9.67. The summed E-state index contributed by atoms with van der Waals surface area (Å²) in [6, 6.07) is 6.03. The number of carbonyl (C=O) groups excluding carboxylic acids is 1. The van der Waals surface area contributed by atoms with Crippen molar-refractivity contribution in [2.45, 2.75) is 45.7 Å². The van der Waals surface area contributed by atoms with Gasteiger partial charge < -0.3 is 15.0 Å². The van der Waals surface area contributed by atoms with E-state index in [1.807, 2.05) is 19.1 Å². The maximum absolute atomic E-state index is 12.5. The van der Waals surface area contributed by atoms with Gasteiger partial charge >= 0.3 is 0 Å². The van der Waals surface area contributed by atoms with Crippen LogP contribution in [0.25, 0.3) is 0 Å². The van der Waals surface area contributed by atoms with Crippen LogP contribution in [0, 0.1) is 11.3 Å². The van der Waals surface area contributed by atoms with Crippen LogP contribution in [0.3, 0.4) is 0 Å². The van der Waals surface area contributed by atoms with E-state index in [1.54, 1.807) is 12.0 Å². The molecule has 0 spiro atoms. The zero-order valence-corrected chi connectivity index (χ0v) is 16.2. The van der Waals surface area contributed by atoms with Crippen LogP contribution >= 0.6 is 0 Å². The minimum absolute atomic E-state index is 0.00137. The summed E-state index contributed by atoms with van der Waals surface area (Å²) in [5, 5.41) is 12.8. The van der Waals surface area contributed by atoms with Crippen LogP contribution in [0.4, 0.5) is 5.82 Å². The fourth-order valence-electron chi connectivity index (χ4n) is 3.89. The fourth-order valence-corrected chi connectivity index (χ4v) is 3.89. The van der Waals surface area contributed by atoms with Gasteiger partial charge in [-0.15, -0.1) is 0 Å². The summed E-state index contributed by atoms with van der Waals surface area (Å²) in [5.41, 5.74) is 4.93. The maximum atomic E-state index is 12.5. The van der Waals surface area contributed by atoms with Crippen LogP contribution in [0.5, 0.6) is 5.88 Å². The molecule has 0 saturated carbocycles. The summed E-state index contributed by atoms with van der Waals surface area (Å²) in [6.07, 6.45) is 4.20. The lowest BCUT2D eigenvalue weighted by molar-refractivity contribution is 0.0786. The van der Waals surface area contributed by atoms with Gasteiger partial charge in [0.15, 0.2) is 0 Å². The van der Waals surface area contributed by atoms with Crippen LogP contribution in [0.1, 0.15) is 58.2 Å². The van der Waals surface area contributed by atoms with Crippen LogP contribution in [-0.2, 0) is 25.9 Å². The number of aromatic nitrogens is 2. The number of methoxy groups -OCH3 is 1. The molecule has 28 heavy (non-hydrogen) atoms. The van der Waals surface area contributed by atoms with Gasteiger partial charge in [0.1, 0.15) is 11.9 Å². The van der Waals surface area contributed by atoms with Crippen molar-refractivity contribution in [3.8, 4) is 11.9 Å².